The first kappa shape index (κ1) is 16.9. The van der Waals surface area contributed by atoms with Gasteiger partial charge < -0.3 is 10.0 Å². The zero-order valence-corrected chi connectivity index (χ0v) is 13.1. The number of aliphatic carboxylic acids is 1. The molecule has 1 unspecified atom stereocenters. The van der Waals surface area contributed by atoms with Crippen LogP contribution in [0.5, 0.6) is 0 Å². The molecule has 0 aromatic heterocycles. The second kappa shape index (κ2) is 6.11. The number of amides is 1. The van der Waals surface area contributed by atoms with E-state index in [2.05, 4.69) is 0 Å². The van der Waals surface area contributed by atoms with Crippen molar-refractivity contribution in [1.29, 1.82) is 0 Å². The lowest BCUT2D eigenvalue weighted by Crippen LogP contribution is -2.51. The second-order valence-corrected chi connectivity index (χ2v) is 8.56. The molecule has 0 aromatic carbocycles. The van der Waals surface area contributed by atoms with Crippen molar-refractivity contribution in [2.75, 3.05) is 13.1 Å². The van der Waals surface area contributed by atoms with Gasteiger partial charge in [0.2, 0.25) is 5.91 Å². The molecular formula is C13H23NO5S. The third-order valence-electron chi connectivity index (χ3n) is 3.96. The van der Waals surface area contributed by atoms with Crippen molar-refractivity contribution >= 4 is 21.7 Å². The standard InChI is InChI=1S/C13H23NO5S/c1-10(20(18,19)13(2,3)12(16)17)11(15)14-8-6-4-5-7-9-14/h10H,4-9H2,1-3H3,(H,16,17). The van der Waals surface area contributed by atoms with Gasteiger partial charge in [-0.15, -0.1) is 0 Å². The number of carbonyl (C=O) groups excluding carboxylic acids is 1. The first-order valence-corrected chi connectivity index (χ1v) is 8.42. The maximum Gasteiger partial charge on any atom is 0.324 e. The van der Waals surface area contributed by atoms with E-state index in [9.17, 15) is 18.0 Å². The zero-order chi connectivity index (χ0) is 15.6. The predicted octanol–water partition coefficient (Wildman–Crippen LogP) is 1.06. The van der Waals surface area contributed by atoms with Gasteiger partial charge in [-0.3, -0.25) is 9.59 Å². The fraction of sp³-hybridized carbons (Fsp3) is 0.846. The lowest BCUT2D eigenvalue weighted by atomic mass is 10.2. The molecule has 6 nitrogen and oxygen atoms in total. The van der Waals surface area contributed by atoms with Crippen molar-refractivity contribution < 1.29 is 23.1 Å². The third-order valence-corrected chi connectivity index (χ3v) is 6.69. The fourth-order valence-electron chi connectivity index (χ4n) is 2.24. The van der Waals surface area contributed by atoms with E-state index in [0.29, 0.717) is 13.1 Å². The molecule has 1 fully saturated rings. The van der Waals surface area contributed by atoms with Crippen molar-refractivity contribution in [3.8, 4) is 0 Å². The van der Waals surface area contributed by atoms with Crippen LogP contribution >= 0.6 is 0 Å². The number of nitrogens with zero attached hydrogens (tertiary/aromatic N) is 1. The van der Waals surface area contributed by atoms with E-state index < -0.39 is 31.7 Å². The fourth-order valence-corrected chi connectivity index (χ4v) is 3.79. The highest BCUT2D eigenvalue weighted by molar-refractivity contribution is 7.94. The molecule has 1 aliphatic heterocycles. The quantitative estimate of drug-likeness (QED) is 0.838. The summed E-state index contributed by atoms with van der Waals surface area (Å²) >= 11 is 0. The molecule has 0 aliphatic carbocycles. The van der Waals surface area contributed by atoms with E-state index in [1.54, 1.807) is 4.90 Å². The van der Waals surface area contributed by atoms with Gasteiger partial charge in [0, 0.05) is 13.1 Å². The Morgan fingerprint density at radius 3 is 1.95 bits per heavy atom. The average Bonchev–Trinajstić information content (AvgIpc) is 2.65. The smallest absolute Gasteiger partial charge is 0.324 e. The summed E-state index contributed by atoms with van der Waals surface area (Å²) in [6, 6.07) is 0. The van der Waals surface area contributed by atoms with E-state index in [-0.39, 0.29) is 0 Å². The normalized spacial score (nSPS) is 19.2. The molecule has 0 aromatic rings. The molecule has 20 heavy (non-hydrogen) atoms. The summed E-state index contributed by atoms with van der Waals surface area (Å²) in [5, 5.41) is 7.73. The number of carbonyl (C=O) groups is 2. The minimum Gasteiger partial charge on any atom is -0.480 e. The number of carboxylic acid groups (broad SMARTS) is 1. The third kappa shape index (κ3) is 3.13. The number of sulfone groups is 1. The van der Waals surface area contributed by atoms with Crippen LogP contribution in [-0.4, -0.2) is 53.4 Å². The van der Waals surface area contributed by atoms with Gasteiger partial charge in [0.05, 0.1) is 0 Å². The zero-order valence-electron chi connectivity index (χ0n) is 12.3. The molecule has 1 aliphatic rings. The Morgan fingerprint density at radius 1 is 1.10 bits per heavy atom. The van der Waals surface area contributed by atoms with Crippen molar-refractivity contribution in [2.45, 2.75) is 56.5 Å². The van der Waals surface area contributed by atoms with Crippen molar-refractivity contribution in [1.82, 2.24) is 4.90 Å². The molecule has 1 heterocycles. The highest BCUT2D eigenvalue weighted by Gasteiger charge is 2.48. The Morgan fingerprint density at radius 2 is 1.55 bits per heavy atom. The van der Waals surface area contributed by atoms with E-state index in [4.69, 9.17) is 5.11 Å². The largest absolute Gasteiger partial charge is 0.480 e. The number of rotatable bonds is 4. The summed E-state index contributed by atoms with van der Waals surface area (Å²) in [5.41, 5.74) is 0. The molecule has 1 N–H and O–H groups in total. The molecule has 0 spiro atoms. The summed E-state index contributed by atoms with van der Waals surface area (Å²) in [5.74, 6) is -1.92. The Bertz CT molecular complexity index is 475. The lowest BCUT2D eigenvalue weighted by molar-refractivity contribution is -0.139. The topological polar surface area (TPSA) is 91.8 Å². The van der Waals surface area contributed by atoms with E-state index in [1.165, 1.54) is 6.92 Å². The Hall–Kier alpha value is -1.11. The van der Waals surface area contributed by atoms with Gasteiger partial charge in [0.15, 0.2) is 14.6 Å². The van der Waals surface area contributed by atoms with Gasteiger partial charge in [-0.1, -0.05) is 12.8 Å². The van der Waals surface area contributed by atoms with Crippen LogP contribution in [0.25, 0.3) is 0 Å². The molecule has 0 bridgehead atoms. The lowest BCUT2D eigenvalue weighted by Gasteiger charge is -2.28. The van der Waals surface area contributed by atoms with E-state index >= 15 is 0 Å². The van der Waals surface area contributed by atoms with Crippen molar-refractivity contribution in [2.24, 2.45) is 0 Å². The monoisotopic (exact) mass is 305 g/mol. The second-order valence-electron chi connectivity index (χ2n) is 5.74. The highest BCUT2D eigenvalue weighted by Crippen LogP contribution is 2.24. The molecular weight excluding hydrogens is 282 g/mol. The molecule has 0 radical (unpaired) electrons. The Kier molecular flexibility index (Phi) is 5.18. The summed E-state index contributed by atoms with van der Waals surface area (Å²) in [4.78, 5) is 25.0. The molecule has 1 atom stereocenters. The molecule has 0 saturated carbocycles. The van der Waals surface area contributed by atoms with Crippen LogP contribution in [0.3, 0.4) is 0 Å². The van der Waals surface area contributed by atoms with Crippen LogP contribution in [0.1, 0.15) is 46.5 Å². The molecule has 1 amide bonds. The highest BCUT2D eigenvalue weighted by atomic mass is 32.2. The van der Waals surface area contributed by atoms with Gasteiger partial charge in [-0.25, -0.2) is 8.42 Å². The number of hydrogen-bond acceptors (Lipinski definition) is 4. The summed E-state index contributed by atoms with van der Waals surface area (Å²) in [6.07, 6.45) is 3.79. The maximum atomic E-state index is 12.3. The summed E-state index contributed by atoms with van der Waals surface area (Å²) in [7, 11) is -4.09. The average molecular weight is 305 g/mol. The first-order valence-electron chi connectivity index (χ1n) is 6.88. The van der Waals surface area contributed by atoms with Gasteiger partial charge >= 0.3 is 5.97 Å². The van der Waals surface area contributed by atoms with Crippen molar-refractivity contribution in [3.63, 3.8) is 0 Å². The first-order chi connectivity index (χ1) is 9.12. The Labute approximate surface area is 120 Å². The van der Waals surface area contributed by atoms with E-state index in [1.807, 2.05) is 0 Å². The van der Waals surface area contributed by atoms with Crippen molar-refractivity contribution in [3.05, 3.63) is 0 Å². The van der Waals surface area contributed by atoms with Gasteiger partial charge in [-0.05, 0) is 33.6 Å². The van der Waals surface area contributed by atoms with Crippen LogP contribution in [0.2, 0.25) is 0 Å². The Balaban J connectivity index is 2.95. The van der Waals surface area contributed by atoms with E-state index in [0.717, 1.165) is 39.5 Å². The van der Waals surface area contributed by atoms with Crippen LogP contribution in [0, 0.1) is 0 Å². The number of carboxylic acids is 1. The SMILES string of the molecule is CC(C(=O)N1CCCCCC1)S(=O)(=O)C(C)(C)C(=O)O. The molecule has 116 valence electrons. The van der Waals surface area contributed by atoms with Gasteiger partial charge in [-0.2, -0.15) is 0 Å². The minimum absolute atomic E-state index is 0.485. The van der Waals surface area contributed by atoms with Crippen LogP contribution in [-0.2, 0) is 19.4 Å². The maximum absolute atomic E-state index is 12.3. The van der Waals surface area contributed by atoms with Crippen LogP contribution in [0.4, 0.5) is 0 Å². The summed E-state index contributed by atoms with van der Waals surface area (Å²) < 4.78 is 22.7. The minimum atomic E-state index is -4.09. The van der Waals surface area contributed by atoms with Gasteiger partial charge in [0.1, 0.15) is 5.25 Å². The molecule has 7 heteroatoms. The van der Waals surface area contributed by atoms with Crippen LogP contribution in [0.15, 0.2) is 0 Å². The van der Waals surface area contributed by atoms with Gasteiger partial charge in [0.25, 0.3) is 0 Å². The summed E-state index contributed by atoms with van der Waals surface area (Å²) in [6.45, 7) is 4.62. The number of likely N-dealkylation sites (tertiary alicyclic amines) is 1. The van der Waals surface area contributed by atoms with Crippen LogP contribution < -0.4 is 0 Å². The molecule has 1 rings (SSSR count). The molecule has 1 saturated heterocycles. The number of hydrogen-bond donors (Lipinski definition) is 1. The predicted molar refractivity (Wildman–Crippen MR) is 75.1 cm³/mol.